The predicted octanol–water partition coefficient (Wildman–Crippen LogP) is -4.38. The highest BCUT2D eigenvalue weighted by Gasteiger charge is 1.93. The van der Waals surface area contributed by atoms with Crippen LogP contribution in [0.25, 0.3) is 0 Å². The summed E-state index contributed by atoms with van der Waals surface area (Å²) >= 11 is 0. The lowest BCUT2D eigenvalue weighted by atomic mass is 10.9. The minimum Gasteiger partial charge on any atom is -1.00 e. The van der Waals surface area contributed by atoms with Crippen LogP contribution in [0.15, 0.2) is 0 Å². The van der Waals surface area contributed by atoms with Gasteiger partial charge in [-0.25, -0.2) is 0 Å². The second-order valence-corrected chi connectivity index (χ2v) is 1.41. The molecule has 0 fully saturated rings. The van der Waals surface area contributed by atoms with Crippen molar-refractivity contribution in [3.63, 3.8) is 0 Å². The van der Waals surface area contributed by atoms with Crippen LogP contribution < -0.4 is 34.2 Å². The second-order valence-electron chi connectivity index (χ2n) is 1.41. The van der Waals surface area contributed by atoms with Crippen LogP contribution in [0.1, 0.15) is 0 Å². The van der Waals surface area contributed by atoms with Gasteiger partial charge in [0.25, 0.3) is 0 Å². The third kappa shape index (κ3) is 2.02. The van der Waals surface area contributed by atoms with E-state index >= 15 is 0 Å². The summed E-state index contributed by atoms with van der Waals surface area (Å²) in [5, 5.41) is 0. The Hall–Kier alpha value is -1.11. The molecule has 10 heavy (non-hydrogen) atoms. The van der Waals surface area contributed by atoms with Gasteiger partial charge in [-0.05, 0) is 0 Å². The first-order chi connectivity index (χ1) is 4.18. The van der Waals surface area contributed by atoms with Crippen molar-refractivity contribution >= 4 is 17.8 Å². The molecule has 56 valence electrons. The normalized spacial score (nSPS) is 8.40. The van der Waals surface area contributed by atoms with E-state index in [-0.39, 0.29) is 34.8 Å². The molecule has 0 saturated heterocycles. The van der Waals surface area contributed by atoms with E-state index in [2.05, 4.69) is 15.0 Å². The maximum Gasteiger partial charge on any atom is 0.226 e. The van der Waals surface area contributed by atoms with Gasteiger partial charge in [0.05, 0.1) is 0 Å². The molecule has 0 unspecified atom stereocenters. The van der Waals surface area contributed by atoms with Crippen LogP contribution in [-0.4, -0.2) is 15.0 Å². The zero-order valence-corrected chi connectivity index (χ0v) is 6.54. The minimum absolute atomic E-state index is 0. The van der Waals surface area contributed by atoms with Gasteiger partial charge in [-0.3, -0.25) is 0 Å². The molecule has 0 radical (unpaired) electrons. The van der Waals surface area contributed by atoms with E-state index in [1.807, 2.05) is 0 Å². The number of nitrogens with zero attached hydrogens (tertiary/aromatic N) is 3. The van der Waals surface area contributed by atoms with E-state index in [1.165, 1.54) is 0 Å². The predicted molar refractivity (Wildman–Crippen MR) is 33.1 cm³/mol. The summed E-state index contributed by atoms with van der Waals surface area (Å²) in [6.45, 7) is 0. The summed E-state index contributed by atoms with van der Waals surface area (Å²) in [6.07, 6.45) is 0. The second kappa shape index (κ2) is 3.16. The molecule has 0 amide bonds. The molecule has 0 spiro atoms. The van der Waals surface area contributed by atoms with Gasteiger partial charge in [-0.15, -0.1) is 0 Å². The third-order valence-electron chi connectivity index (χ3n) is 0.687. The Balaban J connectivity index is 0.000000810. The van der Waals surface area contributed by atoms with E-state index < -0.39 is 0 Å². The first-order valence-corrected chi connectivity index (χ1v) is 2.21. The molecule has 0 aliphatic rings. The molecule has 1 aromatic heterocycles. The average molecular weight is 206 g/mol. The van der Waals surface area contributed by atoms with Crippen LogP contribution in [0.4, 0.5) is 17.8 Å². The third-order valence-corrected chi connectivity index (χ3v) is 0.687. The molecule has 0 aliphatic carbocycles. The molecule has 6 N–H and O–H groups in total. The fourth-order valence-corrected chi connectivity index (χ4v) is 0.427. The summed E-state index contributed by atoms with van der Waals surface area (Å²) in [4.78, 5) is 10.5. The Labute approximate surface area is 67.6 Å². The smallest absolute Gasteiger partial charge is 0.226 e. The molecule has 1 aromatic rings. The largest absolute Gasteiger partial charge is 1.00 e. The van der Waals surface area contributed by atoms with E-state index in [1.54, 1.807) is 0 Å². The Kier molecular flexibility index (Phi) is 2.81. The number of rotatable bonds is 0. The van der Waals surface area contributed by atoms with Gasteiger partial charge < -0.3 is 34.2 Å². The number of hydrogen-bond donors (Lipinski definition) is 3. The molecule has 7 heteroatoms. The van der Waals surface area contributed by atoms with Crippen LogP contribution in [0, 0.1) is 0 Å². The van der Waals surface area contributed by atoms with Crippen LogP contribution >= 0.6 is 0 Å². The van der Waals surface area contributed by atoms with Crippen LogP contribution in [0.5, 0.6) is 0 Å². The topological polar surface area (TPSA) is 117 Å². The fourth-order valence-electron chi connectivity index (χ4n) is 0.427. The summed E-state index contributed by atoms with van der Waals surface area (Å²) in [5.74, 6) is 0.125. The SMILES string of the molecule is Nc1nc(N)nc(N)n1.[Br-]. The highest BCUT2D eigenvalue weighted by atomic mass is 79.9. The quantitative estimate of drug-likeness (QED) is 0.394. The fraction of sp³-hybridized carbons (Fsp3) is 0. The molecule has 1 heterocycles. The number of nitrogen functional groups attached to an aromatic ring is 3. The highest BCUT2D eigenvalue weighted by molar-refractivity contribution is 5.33. The molecule has 0 aromatic carbocycles. The zero-order chi connectivity index (χ0) is 6.85. The molecular formula is C3H6BrN6-. The van der Waals surface area contributed by atoms with Crippen molar-refractivity contribution in [1.29, 1.82) is 0 Å². The Morgan fingerprint density at radius 3 is 1.10 bits per heavy atom. The summed E-state index contributed by atoms with van der Waals surface area (Å²) in [5.41, 5.74) is 15.4. The number of anilines is 3. The van der Waals surface area contributed by atoms with Crippen molar-refractivity contribution in [3.05, 3.63) is 0 Å². The van der Waals surface area contributed by atoms with Crippen LogP contribution in [0.2, 0.25) is 0 Å². The van der Waals surface area contributed by atoms with Crippen molar-refractivity contribution in [2.45, 2.75) is 0 Å². The zero-order valence-electron chi connectivity index (χ0n) is 4.95. The van der Waals surface area contributed by atoms with Gasteiger partial charge in [0.2, 0.25) is 17.8 Å². The maximum atomic E-state index is 5.14. The van der Waals surface area contributed by atoms with Gasteiger partial charge in [0.1, 0.15) is 0 Å². The van der Waals surface area contributed by atoms with E-state index in [4.69, 9.17) is 17.2 Å². The van der Waals surface area contributed by atoms with Gasteiger partial charge in [-0.2, -0.15) is 15.0 Å². The van der Waals surface area contributed by atoms with Crippen molar-refractivity contribution in [3.8, 4) is 0 Å². The summed E-state index contributed by atoms with van der Waals surface area (Å²) in [7, 11) is 0. The monoisotopic (exact) mass is 205 g/mol. The van der Waals surface area contributed by atoms with E-state index in [0.29, 0.717) is 0 Å². The maximum absolute atomic E-state index is 5.14. The first-order valence-electron chi connectivity index (χ1n) is 2.21. The van der Waals surface area contributed by atoms with Gasteiger partial charge in [0.15, 0.2) is 0 Å². The van der Waals surface area contributed by atoms with Crippen LogP contribution in [0.3, 0.4) is 0 Å². The number of halogens is 1. The first kappa shape index (κ1) is 8.89. The van der Waals surface area contributed by atoms with E-state index in [0.717, 1.165) is 0 Å². The van der Waals surface area contributed by atoms with Gasteiger partial charge in [-0.1, -0.05) is 0 Å². The molecule has 1 rings (SSSR count). The van der Waals surface area contributed by atoms with Crippen LogP contribution in [-0.2, 0) is 0 Å². The molecular weight excluding hydrogens is 200 g/mol. The summed E-state index contributed by atoms with van der Waals surface area (Å²) in [6, 6.07) is 0. The Morgan fingerprint density at radius 2 is 0.900 bits per heavy atom. The summed E-state index contributed by atoms with van der Waals surface area (Å²) < 4.78 is 0. The average Bonchev–Trinajstić information content (AvgIpc) is 1.59. The van der Waals surface area contributed by atoms with Crippen molar-refractivity contribution in [2.75, 3.05) is 17.2 Å². The Morgan fingerprint density at radius 1 is 0.700 bits per heavy atom. The molecule has 0 bridgehead atoms. The van der Waals surface area contributed by atoms with Gasteiger partial charge in [0, 0.05) is 0 Å². The number of hydrogen-bond acceptors (Lipinski definition) is 6. The number of aromatic nitrogens is 3. The van der Waals surface area contributed by atoms with Gasteiger partial charge >= 0.3 is 0 Å². The lowest BCUT2D eigenvalue weighted by Crippen LogP contribution is -3.00. The Bertz CT molecular complexity index is 174. The van der Waals surface area contributed by atoms with Crippen molar-refractivity contribution < 1.29 is 17.0 Å². The lowest BCUT2D eigenvalue weighted by molar-refractivity contribution is -0.00000243. The number of nitrogens with two attached hydrogens (primary N) is 3. The van der Waals surface area contributed by atoms with Crippen molar-refractivity contribution in [1.82, 2.24) is 15.0 Å². The lowest BCUT2D eigenvalue weighted by Gasteiger charge is -1.93. The molecule has 0 atom stereocenters. The van der Waals surface area contributed by atoms with Crippen molar-refractivity contribution in [2.24, 2.45) is 0 Å². The highest BCUT2D eigenvalue weighted by Crippen LogP contribution is 1.97. The molecule has 0 aliphatic heterocycles. The molecule has 6 nitrogen and oxygen atoms in total. The minimum atomic E-state index is 0. The molecule has 0 saturated carbocycles. The standard InChI is InChI=1S/C3H6N6.BrH/c4-1-7-2(5)9-3(6)8-1;/h(H6,4,5,6,7,8,9);1H/p-1. The van der Waals surface area contributed by atoms with E-state index in [9.17, 15) is 0 Å².